The summed E-state index contributed by atoms with van der Waals surface area (Å²) in [4.78, 5) is 2.38. The lowest BCUT2D eigenvalue weighted by molar-refractivity contribution is 0.0823. The molecule has 0 bridgehead atoms. The lowest BCUT2D eigenvalue weighted by atomic mass is 9.89. The largest absolute Gasteiger partial charge is 0.484 e. The van der Waals surface area contributed by atoms with Gasteiger partial charge in [0.25, 0.3) is 0 Å². The second-order valence-electron chi connectivity index (χ2n) is 6.60. The number of hydrogen-bond acceptors (Lipinski definition) is 2. The van der Waals surface area contributed by atoms with Crippen LogP contribution in [0.3, 0.4) is 0 Å². The third-order valence-corrected chi connectivity index (χ3v) is 5.62. The minimum Gasteiger partial charge on any atom is -0.484 e. The first-order valence-corrected chi connectivity index (χ1v) is 8.86. The molecular formula is C18H20Cl2N2O. The lowest BCUT2D eigenvalue weighted by Crippen LogP contribution is -2.34. The zero-order chi connectivity index (χ0) is 16.0. The van der Waals surface area contributed by atoms with Crippen molar-refractivity contribution in [3.05, 3.63) is 51.8 Å². The van der Waals surface area contributed by atoms with Crippen molar-refractivity contribution in [3.8, 4) is 5.75 Å². The number of piperidine rings is 1. The van der Waals surface area contributed by atoms with Crippen molar-refractivity contribution in [2.75, 3.05) is 20.1 Å². The van der Waals surface area contributed by atoms with Gasteiger partial charge >= 0.3 is 0 Å². The van der Waals surface area contributed by atoms with Crippen molar-refractivity contribution < 1.29 is 4.74 Å². The first kappa shape index (κ1) is 15.4. The molecule has 122 valence electrons. The fraction of sp³-hybridized carbons (Fsp3) is 0.444. The van der Waals surface area contributed by atoms with Gasteiger partial charge in [0.2, 0.25) is 0 Å². The number of fused-ring (bicyclic) bond motifs is 2. The predicted molar refractivity (Wildman–Crippen MR) is 93.6 cm³/mol. The van der Waals surface area contributed by atoms with Crippen LogP contribution < -0.4 is 4.74 Å². The highest BCUT2D eigenvalue weighted by Crippen LogP contribution is 2.41. The van der Waals surface area contributed by atoms with Gasteiger partial charge in [-0.1, -0.05) is 29.3 Å². The zero-order valence-corrected chi connectivity index (χ0v) is 14.6. The number of ether oxygens (including phenoxy) is 1. The number of rotatable bonds is 1. The maximum absolute atomic E-state index is 6.47. The van der Waals surface area contributed by atoms with Crippen molar-refractivity contribution >= 4 is 23.2 Å². The summed E-state index contributed by atoms with van der Waals surface area (Å²) >= 11 is 12.6. The Morgan fingerprint density at radius 1 is 1.09 bits per heavy atom. The molecule has 0 saturated carbocycles. The molecule has 2 aliphatic heterocycles. The third-order valence-electron chi connectivity index (χ3n) is 5.06. The summed E-state index contributed by atoms with van der Waals surface area (Å²) in [6.45, 7) is 2.96. The van der Waals surface area contributed by atoms with Gasteiger partial charge in [0, 0.05) is 16.5 Å². The van der Waals surface area contributed by atoms with Crippen LogP contribution in [0.2, 0.25) is 10.2 Å². The van der Waals surface area contributed by atoms with E-state index in [1.54, 1.807) is 0 Å². The van der Waals surface area contributed by atoms with E-state index in [0.29, 0.717) is 10.9 Å². The molecule has 1 saturated heterocycles. The summed E-state index contributed by atoms with van der Waals surface area (Å²) in [6, 6.07) is 9.96. The quantitative estimate of drug-likeness (QED) is 0.746. The van der Waals surface area contributed by atoms with E-state index in [0.717, 1.165) is 48.9 Å². The Morgan fingerprint density at radius 3 is 2.65 bits per heavy atom. The molecular weight excluding hydrogens is 331 g/mol. The molecule has 23 heavy (non-hydrogen) atoms. The molecule has 0 N–H and O–H groups in total. The number of aromatic nitrogens is 1. The Labute approximate surface area is 146 Å². The molecule has 1 aromatic carbocycles. The number of nitrogens with zero attached hydrogens (tertiary/aromatic N) is 2. The van der Waals surface area contributed by atoms with Gasteiger partial charge in [-0.15, -0.1) is 0 Å². The molecule has 1 unspecified atom stereocenters. The van der Waals surface area contributed by atoms with E-state index in [1.807, 2.05) is 24.3 Å². The smallest absolute Gasteiger partial charge is 0.141 e. The Kier molecular flexibility index (Phi) is 4.04. The highest BCUT2D eigenvalue weighted by atomic mass is 35.5. The average molecular weight is 351 g/mol. The highest BCUT2D eigenvalue weighted by Gasteiger charge is 2.33. The van der Waals surface area contributed by atoms with E-state index in [4.69, 9.17) is 27.9 Å². The van der Waals surface area contributed by atoms with Crippen molar-refractivity contribution in [1.29, 1.82) is 0 Å². The summed E-state index contributed by atoms with van der Waals surface area (Å²) in [5, 5.41) is 1.48. The van der Waals surface area contributed by atoms with Crippen LogP contribution >= 0.6 is 23.2 Å². The monoisotopic (exact) mass is 350 g/mol. The first-order chi connectivity index (χ1) is 11.1. The molecule has 0 aliphatic carbocycles. The van der Waals surface area contributed by atoms with Crippen molar-refractivity contribution in [2.24, 2.45) is 5.92 Å². The minimum atomic E-state index is 0.0379. The molecule has 0 radical (unpaired) electrons. The number of likely N-dealkylation sites (tertiary alicyclic amines) is 1. The van der Waals surface area contributed by atoms with E-state index in [1.165, 1.54) is 5.69 Å². The van der Waals surface area contributed by atoms with E-state index < -0.39 is 0 Å². The molecule has 0 spiro atoms. The Morgan fingerprint density at radius 2 is 1.87 bits per heavy atom. The van der Waals surface area contributed by atoms with Gasteiger partial charge < -0.3 is 14.2 Å². The fourth-order valence-electron chi connectivity index (χ4n) is 3.68. The fourth-order valence-corrected chi connectivity index (χ4v) is 4.06. The van der Waals surface area contributed by atoms with Gasteiger partial charge in [-0.3, -0.25) is 0 Å². The zero-order valence-electron chi connectivity index (χ0n) is 13.1. The first-order valence-electron chi connectivity index (χ1n) is 8.10. The third kappa shape index (κ3) is 2.86. The molecule has 2 aliphatic rings. The molecule has 1 fully saturated rings. The molecule has 4 rings (SSSR count). The van der Waals surface area contributed by atoms with E-state index in [-0.39, 0.29) is 6.10 Å². The minimum absolute atomic E-state index is 0.0379. The maximum Gasteiger partial charge on any atom is 0.141 e. The number of halogens is 2. The number of hydrogen-bond donors (Lipinski definition) is 0. The summed E-state index contributed by atoms with van der Waals surface area (Å²) in [7, 11) is 2.18. The molecule has 3 heterocycles. The van der Waals surface area contributed by atoms with Crippen molar-refractivity contribution in [2.45, 2.75) is 25.5 Å². The highest BCUT2D eigenvalue weighted by molar-refractivity contribution is 6.30. The van der Waals surface area contributed by atoms with Crippen LogP contribution in [0.5, 0.6) is 5.75 Å². The Hall–Kier alpha value is -1.16. The summed E-state index contributed by atoms with van der Waals surface area (Å²) in [5.74, 6) is 1.39. The summed E-state index contributed by atoms with van der Waals surface area (Å²) < 4.78 is 8.64. The maximum atomic E-state index is 6.47. The Bertz CT molecular complexity index is 720. The average Bonchev–Trinajstić information content (AvgIpc) is 2.80. The molecule has 5 heteroatoms. The van der Waals surface area contributed by atoms with Crippen LogP contribution in [0, 0.1) is 5.92 Å². The second kappa shape index (κ2) is 6.04. The topological polar surface area (TPSA) is 17.4 Å². The molecule has 1 atom stereocenters. The molecule has 1 aromatic heterocycles. The second-order valence-corrected chi connectivity index (χ2v) is 7.42. The van der Waals surface area contributed by atoms with Crippen LogP contribution in [0.4, 0.5) is 0 Å². The van der Waals surface area contributed by atoms with Gasteiger partial charge in [-0.05, 0) is 57.2 Å². The van der Waals surface area contributed by atoms with Gasteiger partial charge in [-0.25, -0.2) is 0 Å². The van der Waals surface area contributed by atoms with E-state index in [2.05, 4.69) is 22.6 Å². The normalized spacial score (nSPS) is 22.1. The lowest BCUT2D eigenvalue weighted by Gasteiger charge is -2.34. The standard InChI is InChI=1S/C18H20Cl2N2O/c1-21-8-6-12(7-9-21)18-15-4-5-17(20)22(15)11-13-2-3-14(19)10-16(13)23-18/h2-5,10,12,18H,6-9,11H2,1H3. The molecule has 0 amide bonds. The van der Waals surface area contributed by atoms with Crippen molar-refractivity contribution in [1.82, 2.24) is 9.47 Å². The van der Waals surface area contributed by atoms with E-state index in [9.17, 15) is 0 Å². The van der Waals surface area contributed by atoms with Crippen LogP contribution in [-0.2, 0) is 6.54 Å². The van der Waals surface area contributed by atoms with Gasteiger partial charge in [0.05, 0.1) is 12.2 Å². The van der Waals surface area contributed by atoms with Crippen molar-refractivity contribution in [3.63, 3.8) is 0 Å². The van der Waals surface area contributed by atoms with Crippen LogP contribution in [0.1, 0.15) is 30.2 Å². The van der Waals surface area contributed by atoms with Crippen LogP contribution in [0.25, 0.3) is 0 Å². The Balaban J connectivity index is 1.75. The van der Waals surface area contributed by atoms with E-state index >= 15 is 0 Å². The number of benzene rings is 1. The van der Waals surface area contributed by atoms with Crippen LogP contribution in [0.15, 0.2) is 30.3 Å². The van der Waals surface area contributed by atoms with Gasteiger partial charge in [0.1, 0.15) is 17.0 Å². The SMILES string of the molecule is CN1CCC(C2Oc3cc(Cl)ccc3Cn3c(Cl)ccc32)CC1. The predicted octanol–water partition coefficient (Wildman–Crippen LogP) is 4.62. The van der Waals surface area contributed by atoms with Gasteiger partial charge in [-0.2, -0.15) is 0 Å². The summed E-state index contributed by atoms with van der Waals surface area (Å²) in [5.41, 5.74) is 2.31. The summed E-state index contributed by atoms with van der Waals surface area (Å²) in [6.07, 6.45) is 2.32. The van der Waals surface area contributed by atoms with Gasteiger partial charge in [0.15, 0.2) is 0 Å². The van der Waals surface area contributed by atoms with Crippen LogP contribution in [-0.4, -0.2) is 29.6 Å². The molecule has 2 aromatic rings. The molecule has 3 nitrogen and oxygen atoms in total.